The molecule has 1 aliphatic rings. The van der Waals surface area contributed by atoms with Gasteiger partial charge in [-0.1, -0.05) is 73.3 Å². The van der Waals surface area contributed by atoms with Crippen molar-refractivity contribution in [3.8, 4) is 0 Å². The molecule has 1 heteroatoms. The molecule has 0 aromatic carbocycles. The predicted octanol–water partition coefficient (Wildman–Crippen LogP) is 7.32. The van der Waals surface area contributed by atoms with Gasteiger partial charge in [0.25, 0.3) is 0 Å². The van der Waals surface area contributed by atoms with E-state index in [0.29, 0.717) is 0 Å². The zero-order valence-corrected chi connectivity index (χ0v) is 15.8. The molecule has 1 rings (SSSR count). The zero-order valence-electron chi connectivity index (χ0n) is 13.5. The van der Waals surface area contributed by atoms with Crippen LogP contribution in [0.15, 0.2) is 36.5 Å². The van der Waals surface area contributed by atoms with Crippen LogP contribution in [0.25, 0.3) is 0 Å². The predicted molar refractivity (Wildman–Crippen MR) is 100.0 cm³/mol. The van der Waals surface area contributed by atoms with Crippen LogP contribution < -0.4 is 0 Å². The molecule has 0 bridgehead atoms. The molecule has 0 heterocycles. The van der Waals surface area contributed by atoms with Crippen molar-refractivity contribution in [3.05, 3.63) is 36.5 Å². The molecule has 0 nitrogen and oxygen atoms in total. The quantitative estimate of drug-likeness (QED) is 0.449. The van der Waals surface area contributed by atoms with E-state index < -0.39 is 0 Å². The highest BCUT2D eigenvalue weighted by Gasteiger charge is 2.05. The SMILES string of the molecule is C=CC1=C(C=C)CCCCC1.CC.CC.CC.I. The Kier molecular flexibility index (Phi) is 37.9. The third-order valence-corrected chi connectivity index (χ3v) is 2.30. The van der Waals surface area contributed by atoms with Gasteiger partial charge < -0.3 is 0 Å². The number of hydrogen-bond acceptors (Lipinski definition) is 0. The first kappa shape index (κ1) is 26.5. The summed E-state index contributed by atoms with van der Waals surface area (Å²) in [7, 11) is 0. The summed E-state index contributed by atoms with van der Waals surface area (Å²) in [6.45, 7) is 19.6. The fraction of sp³-hybridized carbons (Fsp3) is 0.647. The molecular weight excluding hydrogens is 331 g/mol. The van der Waals surface area contributed by atoms with Crippen LogP contribution >= 0.6 is 24.0 Å². The van der Waals surface area contributed by atoms with Gasteiger partial charge in [-0.25, -0.2) is 0 Å². The molecule has 0 aromatic rings. The summed E-state index contributed by atoms with van der Waals surface area (Å²) >= 11 is 0. The Morgan fingerprint density at radius 2 is 0.944 bits per heavy atom. The fourth-order valence-corrected chi connectivity index (χ4v) is 1.60. The Balaban J connectivity index is -0.000000123. The minimum atomic E-state index is 0. The normalized spacial score (nSPS) is 12.8. The highest BCUT2D eigenvalue weighted by molar-refractivity contribution is 14.0. The zero-order chi connectivity index (χ0) is 14.1. The molecule has 110 valence electrons. The van der Waals surface area contributed by atoms with Gasteiger partial charge in [0, 0.05) is 0 Å². The lowest BCUT2D eigenvalue weighted by atomic mass is 10.0. The van der Waals surface area contributed by atoms with Gasteiger partial charge in [0.2, 0.25) is 0 Å². The number of hydrogen-bond donors (Lipinski definition) is 0. The van der Waals surface area contributed by atoms with Crippen molar-refractivity contribution in [3.63, 3.8) is 0 Å². The molecule has 0 fully saturated rings. The van der Waals surface area contributed by atoms with Gasteiger partial charge in [-0.15, -0.1) is 24.0 Å². The molecule has 0 atom stereocenters. The van der Waals surface area contributed by atoms with Gasteiger partial charge in [0.1, 0.15) is 0 Å². The summed E-state index contributed by atoms with van der Waals surface area (Å²) in [5, 5.41) is 0. The van der Waals surface area contributed by atoms with Crippen LogP contribution in [0.2, 0.25) is 0 Å². The summed E-state index contributed by atoms with van der Waals surface area (Å²) in [4.78, 5) is 0. The van der Waals surface area contributed by atoms with Crippen LogP contribution in [0.5, 0.6) is 0 Å². The van der Waals surface area contributed by atoms with Crippen LogP contribution in [0, 0.1) is 0 Å². The number of allylic oxidation sites excluding steroid dienone is 4. The van der Waals surface area contributed by atoms with Crippen LogP contribution in [-0.2, 0) is 0 Å². The van der Waals surface area contributed by atoms with Crippen LogP contribution in [0.1, 0.15) is 73.6 Å². The minimum absolute atomic E-state index is 0. The monoisotopic (exact) mass is 366 g/mol. The topological polar surface area (TPSA) is 0 Å². The molecule has 0 saturated carbocycles. The molecule has 0 radical (unpaired) electrons. The second kappa shape index (κ2) is 25.7. The van der Waals surface area contributed by atoms with Gasteiger partial charge in [0.05, 0.1) is 0 Å². The molecule has 18 heavy (non-hydrogen) atoms. The lowest BCUT2D eigenvalue weighted by Gasteiger charge is -2.02. The maximum Gasteiger partial charge on any atom is -0.0276 e. The van der Waals surface area contributed by atoms with Crippen molar-refractivity contribution in [1.29, 1.82) is 0 Å². The Bertz CT molecular complexity index is 170. The van der Waals surface area contributed by atoms with E-state index in [1.165, 1.54) is 43.3 Å². The first-order valence-electron chi connectivity index (χ1n) is 7.35. The maximum absolute atomic E-state index is 3.82. The average Bonchev–Trinajstić information content (AvgIpc) is 2.70. The van der Waals surface area contributed by atoms with Crippen LogP contribution in [0.3, 0.4) is 0 Å². The first-order valence-corrected chi connectivity index (χ1v) is 7.35. The highest BCUT2D eigenvalue weighted by Crippen LogP contribution is 2.24. The van der Waals surface area contributed by atoms with Gasteiger partial charge in [-0.2, -0.15) is 0 Å². The van der Waals surface area contributed by atoms with Crippen molar-refractivity contribution in [2.45, 2.75) is 73.6 Å². The van der Waals surface area contributed by atoms with Gasteiger partial charge in [-0.3, -0.25) is 0 Å². The summed E-state index contributed by atoms with van der Waals surface area (Å²) in [5.41, 5.74) is 2.83. The second-order valence-corrected chi connectivity index (χ2v) is 3.02. The first-order chi connectivity index (χ1) is 8.38. The van der Waals surface area contributed by atoms with Crippen molar-refractivity contribution < 1.29 is 0 Å². The Morgan fingerprint density at radius 1 is 0.667 bits per heavy atom. The number of halogens is 1. The van der Waals surface area contributed by atoms with E-state index in [9.17, 15) is 0 Å². The minimum Gasteiger partial charge on any atom is -0.107 e. The number of rotatable bonds is 2. The van der Waals surface area contributed by atoms with E-state index in [1.54, 1.807) is 0 Å². The molecule has 0 unspecified atom stereocenters. The van der Waals surface area contributed by atoms with Crippen molar-refractivity contribution in [1.82, 2.24) is 0 Å². The molecule has 0 N–H and O–H groups in total. The standard InChI is InChI=1S/C11H16.3C2H6.HI/c1-3-10-8-6-5-7-9-11(10)4-2;3*1-2;/h3-4H,1-2,5-9H2;3*1-2H3;1H. The molecule has 0 aromatic heterocycles. The highest BCUT2D eigenvalue weighted by atomic mass is 127. The fourth-order valence-electron chi connectivity index (χ4n) is 1.60. The molecular formula is C17H35I. The van der Waals surface area contributed by atoms with E-state index >= 15 is 0 Å². The molecule has 0 saturated heterocycles. The average molecular weight is 366 g/mol. The van der Waals surface area contributed by atoms with Gasteiger partial charge >= 0.3 is 0 Å². The Labute approximate surface area is 134 Å². The summed E-state index contributed by atoms with van der Waals surface area (Å²) in [6.07, 6.45) is 10.4. The van der Waals surface area contributed by atoms with Crippen LogP contribution in [0.4, 0.5) is 0 Å². The lowest BCUT2D eigenvalue weighted by molar-refractivity contribution is 0.710. The van der Waals surface area contributed by atoms with E-state index in [0.717, 1.165) is 0 Å². The molecule has 0 amide bonds. The molecule has 0 aliphatic heterocycles. The van der Waals surface area contributed by atoms with Crippen LogP contribution in [-0.4, -0.2) is 0 Å². The summed E-state index contributed by atoms with van der Waals surface area (Å²) in [5.74, 6) is 0. The van der Waals surface area contributed by atoms with Crippen molar-refractivity contribution >= 4 is 24.0 Å². The smallest absolute Gasteiger partial charge is 0.0276 e. The summed E-state index contributed by atoms with van der Waals surface area (Å²) in [6, 6.07) is 0. The maximum atomic E-state index is 3.82. The van der Waals surface area contributed by atoms with Crippen molar-refractivity contribution in [2.24, 2.45) is 0 Å². The van der Waals surface area contributed by atoms with Gasteiger partial charge in [0.15, 0.2) is 0 Å². The van der Waals surface area contributed by atoms with E-state index in [4.69, 9.17) is 0 Å². The van der Waals surface area contributed by atoms with E-state index in [-0.39, 0.29) is 24.0 Å². The van der Waals surface area contributed by atoms with Gasteiger partial charge in [-0.05, 0) is 36.8 Å². The summed E-state index contributed by atoms with van der Waals surface area (Å²) < 4.78 is 0. The Hall–Kier alpha value is -0.0500. The van der Waals surface area contributed by atoms with Crippen molar-refractivity contribution in [2.75, 3.05) is 0 Å². The third-order valence-electron chi connectivity index (χ3n) is 2.30. The largest absolute Gasteiger partial charge is 0.107 e. The van der Waals surface area contributed by atoms with E-state index in [2.05, 4.69) is 13.2 Å². The Morgan fingerprint density at radius 3 is 1.17 bits per heavy atom. The van der Waals surface area contributed by atoms with E-state index in [1.807, 2.05) is 53.7 Å². The molecule has 0 spiro atoms. The second-order valence-electron chi connectivity index (χ2n) is 3.02. The lowest BCUT2D eigenvalue weighted by Crippen LogP contribution is -1.82. The third kappa shape index (κ3) is 14.0. The molecule has 1 aliphatic carbocycles.